The molecule has 0 fully saturated rings. The van der Waals surface area contributed by atoms with Gasteiger partial charge in [-0.05, 0) is 112 Å². The molecule has 4 heteroatoms. The molecule has 0 unspecified atom stereocenters. The second-order valence-corrected chi connectivity index (χ2v) is 20.9. The minimum atomic E-state index is -3.04. The van der Waals surface area contributed by atoms with E-state index in [-0.39, 0.29) is 6.71 Å². The van der Waals surface area contributed by atoms with E-state index in [4.69, 9.17) is 9.47 Å². The van der Waals surface area contributed by atoms with E-state index in [0.717, 1.165) is 50.5 Å². The number of hydrogen-bond donors (Lipinski definition) is 0. The van der Waals surface area contributed by atoms with Crippen LogP contribution in [0.2, 0.25) is 0 Å². The Morgan fingerprint density at radius 2 is 0.672 bits per heavy atom. The molecule has 1 aliphatic carbocycles. The van der Waals surface area contributed by atoms with Gasteiger partial charge in [0.2, 0.25) is 0 Å². The predicted molar refractivity (Wildman–Crippen MR) is 268 cm³/mol. The van der Waals surface area contributed by atoms with Crippen LogP contribution in [0.5, 0.6) is 23.0 Å². The molecule has 13 rings (SSSR count). The Morgan fingerprint density at radius 1 is 0.266 bits per heavy atom. The maximum absolute atomic E-state index is 6.78. The van der Waals surface area contributed by atoms with Gasteiger partial charge < -0.3 is 9.47 Å². The van der Waals surface area contributed by atoms with Crippen LogP contribution in [0.3, 0.4) is 0 Å². The van der Waals surface area contributed by atoms with E-state index in [1.807, 2.05) is 0 Å². The third kappa shape index (κ3) is 5.52. The normalized spacial score (nSPS) is 12.6. The summed E-state index contributed by atoms with van der Waals surface area (Å²) in [6.07, 6.45) is 0. The van der Waals surface area contributed by atoms with Crippen molar-refractivity contribution in [1.29, 1.82) is 0 Å². The summed E-state index contributed by atoms with van der Waals surface area (Å²) >= 11 is 0. The molecule has 0 radical (unpaired) electrons. The van der Waals surface area contributed by atoms with Crippen LogP contribution in [0.25, 0.3) is 55.6 Å². The van der Waals surface area contributed by atoms with Crippen molar-refractivity contribution in [2.24, 2.45) is 0 Å². The SMILES string of the molecule is c1ccc([Si](c2ccccc2)(c2cccc(-c3cc4c5c(c3)Oc3ccccc3B5c3ccccc3O4)c2)c2ccc3c(c2)-c2ccccc2-c2ccccc2-c2ccccc2-3)cc1. The molecule has 0 N–H and O–H groups in total. The second kappa shape index (κ2) is 14.6. The van der Waals surface area contributed by atoms with Crippen molar-refractivity contribution in [3.8, 4) is 78.6 Å². The van der Waals surface area contributed by atoms with Crippen LogP contribution in [0.1, 0.15) is 0 Å². The zero-order valence-corrected chi connectivity index (χ0v) is 35.9. The Balaban J connectivity index is 1.05. The lowest BCUT2D eigenvalue weighted by Crippen LogP contribution is -2.74. The molecular formula is C60H39BO2Si. The highest BCUT2D eigenvalue weighted by Crippen LogP contribution is 2.47. The van der Waals surface area contributed by atoms with Crippen molar-refractivity contribution in [2.45, 2.75) is 0 Å². The fourth-order valence-corrected chi connectivity index (χ4v) is 15.8. The number of para-hydroxylation sites is 2. The van der Waals surface area contributed by atoms with Gasteiger partial charge in [0.1, 0.15) is 23.0 Å². The molecule has 0 aromatic heterocycles. The summed E-state index contributed by atoms with van der Waals surface area (Å²) in [5.74, 6) is 3.46. The molecule has 10 aromatic carbocycles. The summed E-state index contributed by atoms with van der Waals surface area (Å²) in [7, 11) is -3.04. The van der Waals surface area contributed by atoms with Crippen LogP contribution >= 0.6 is 0 Å². The van der Waals surface area contributed by atoms with Crippen LogP contribution in [0.4, 0.5) is 0 Å². The molecule has 298 valence electrons. The number of hydrogen-bond acceptors (Lipinski definition) is 2. The third-order valence-corrected chi connectivity index (χ3v) is 18.5. The Kier molecular flexibility index (Phi) is 8.37. The van der Waals surface area contributed by atoms with Gasteiger partial charge in [0, 0.05) is 5.46 Å². The molecule has 64 heavy (non-hydrogen) atoms. The van der Waals surface area contributed by atoms with Gasteiger partial charge in [-0.3, -0.25) is 0 Å². The van der Waals surface area contributed by atoms with Gasteiger partial charge in [-0.2, -0.15) is 0 Å². The quantitative estimate of drug-likeness (QED) is 0.127. The molecule has 0 amide bonds. The fraction of sp³-hybridized carbons (Fsp3) is 0. The molecule has 0 bridgehead atoms. The molecule has 2 heterocycles. The predicted octanol–water partition coefficient (Wildman–Crippen LogP) is 10.4. The zero-order valence-electron chi connectivity index (χ0n) is 34.9. The van der Waals surface area contributed by atoms with Crippen molar-refractivity contribution in [3.63, 3.8) is 0 Å². The number of ether oxygens (including phenoxy) is 2. The maximum Gasteiger partial charge on any atom is 0.260 e. The van der Waals surface area contributed by atoms with Crippen molar-refractivity contribution in [2.75, 3.05) is 0 Å². The average Bonchev–Trinajstić information content (AvgIpc) is 3.37. The summed E-state index contributed by atoms with van der Waals surface area (Å²) in [6.45, 7) is 0.0274. The first-order valence-corrected chi connectivity index (χ1v) is 24.1. The molecule has 0 saturated heterocycles. The van der Waals surface area contributed by atoms with E-state index in [2.05, 4.69) is 237 Å². The van der Waals surface area contributed by atoms with Gasteiger partial charge in [-0.15, -0.1) is 0 Å². The van der Waals surface area contributed by atoms with Gasteiger partial charge in [0.15, 0.2) is 8.07 Å². The minimum absolute atomic E-state index is 0.0274. The van der Waals surface area contributed by atoms with Crippen molar-refractivity contribution < 1.29 is 9.47 Å². The monoisotopic (exact) mass is 830 g/mol. The first kappa shape index (κ1) is 36.7. The molecule has 2 aliphatic heterocycles. The van der Waals surface area contributed by atoms with E-state index >= 15 is 0 Å². The molecular weight excluding hydrogens is 792 g/mol. The van der Waals surface area contributed by atoms with Crippen LogP contribution in [-0.4, -0.2) is 14.8 Å². The molecule has 10 aromatic rings. The van der Waals surface area contributed by atoms with E-state index < -0.39 is 8.07 Å². The summed E-state index contributed by atoms with van der Waals surface area (Å²) in [4.78, 5) is 0. The number of fused-ring (bicyclic) bond motifs is 12. The Hall–Kier alpha value is -7.92. The van der Waals surface area contributed by atoms with Gasteiger partial charge in [0.25, 0.3) is 6.71 Å². The lowest BCUT2D eigenvalue weighted by atomic mass is 9.35. The van der Waals surface area contributed by atoms with Crippen LogP contribution in [0, 0.1) is 0 Å². The molecule has 3 aliphatic rings. The standard InChI is InChI=1S/C60H39BO2Si/c1-3-19-42(20-4-1)64(43-21-5-2-6-22-43,45-34-35-52-50-28-10-9-26-48(50)46-24-7-8-25-47(46)49-27-11-12-29-51(49)53(52)39-45)44-23-17-18-40(36-44)41-37-58-60-59(38-41)63-57-33-16-14-31-55(57)61(60)54-30-13-15-32-56(54)62-58/h1-39H. The second-order valence-electron chi connectivity index (χ2n) is 17.1. The van der Waals surface area contributed by atoms with Crippen LogP contribution in [-0.2, 0) is 0 Å². The minimum Gasteiger partial charge on any atom is -0.458 e. The van der Waals surface area contributed by atoms with Crippen LogP contribution in [0.15, 0.2) is 237 Å². The van der Waals surface area contributed by atoms with Gasteiger partial charge in [-0.25, -0.2) is 0 Å². The Bertz CT molecular complexity index is 3350. The summed E-state index contributed by atoms with van der Waals surface area (Å²) < 4.78 is 13.6. The highest BCUT2D eigenvalue weighted by Gasteiger charge is 2.43. The van der Waals surface area contributed by atoms with Crippen molar-refractivity contribution in [3.05, 3.63) is 237 Å². The van der Waals surface area contributed by atoms with Gasteiger partial charge in [-0.1, -0.05) is 212 Å². The van der Waals surface area contributed by atoms with E-state index in [0.29, 0.717) is 0 Å². The largest absolute Gasteiger partial charge is 0.458 e. The third-order valence-electron chi connectivity index (χ3n) is 13.7. The first-order chi connectivity index (χ1) is 31.7. The van der Waals surface area contributed by atoms with Crippen LogP contribution < -0.4 is 46.6 Å². The van der Waals surface area contributed by atoms with Crippen molar-refractivity contribution >= 4 is 51.9 Å². The highest BCUT2D eigenvalue weighted by molar-refractivity contribution is 7.20. The lowest BCUT2D eigenvalue weighted by Gasteiger charge is -2.36. The Morgan fingerprint density at radius 3 is 1.19 bits per heavy atom. The number of benzene rings is 10. The Labute approximate surface area is 374 Å². The molecule has 0 atom stereocenters. The fourth-order valence-electron chi connectivity index (χ4n) is 11.0. The average molecular weight is 831 g/mol. The maximum atomic E-state index is 6.78. The summed E-state index contributed by atoms with van der Waals surface area (Å²) in [5, 5.41) is 5.28. The van der Waals surface area contributed by atoms with E-state index in [9.17, 15) is 0 Å². The number of rotatable bonds is 5. The molecule has 2 nitrogen and oxygen atoms in total. The summed E-state index contributed by atoms with van der Waals surface area (Å²) in [6, 6.07) is 87.2. The lowest BCUT2D eigenvalue weighted by molar-refractivity contribution is 0.465. The van der Waals surface area contributed by atoms with E-state index in [1.54, 1.807) is 0 Å². The topological polar surface area (TPSA) is 18.5 Å². The first-order valence-electron chi connectivity index (χ1n) is 22.1. The van der Waals surface area contributed by atoms with Gasteiger partial charge in [0.05, 0.1) is 0 Å². The van der Waals surface area contributed by atoms with Gasteiger partial charge >= 0.3 is 0 Å². The smallest absolute Gasteiger partial charge is 0.260 e. The van der Waals surface area contributed by atoms with Crippen molar-refractivity contribution in [1.82, 2.24) is 0 Å². The molecule has 0 spiro atoms. The zero-order chi connectivity index (χ0) is 42.2. The summed E-state index contributed by atoms with van der Waals surface area (Å²) in [5.41, 5.74) is 15.5. The van der Waals surface area contributed by atoms with E-state index in [1.165, 1.54) is 65.3 Å². The molecule has 0 saturated carbocycles. The highest BCUT2D eigenvalue weighted by atomic mass is 28.3.